The maximum absolute atomic E-state index is 5.55. The molecule has 140 valence electrons. The molecule has 0 aliphatic heterocycles. The van der Waals surface area contributed by atoms with Crippen LogP contribution in [0.25, 0.3) is 11.0 Å². The van der Waals surface area contributed by atoms with Crippen LogP contribution in [0.3, 0.4) is 0 Å². The number of nitrogens with one attached hydrogen (secondary N) is 1. The Labute approximate surface area is 152 Å². The molecular weight excluding hydrogens is 334 g/mol. The average molecular weight is 359 g/mol. The molecule has 1 N–H and O–H groups in total. The van der Waals surface area contributed by atoms with Crippen molar-refractivity contribution in [1.29, 1.82) is 0 Å². The molecule has 3 aromatic rings. The fourth-order valence-electron chi connectivity index (χ4n) is 2.76. The van der Waals surface area contributed by atoms with E-state index in [1.54, 1.807) is 26.7 Å². The van der Waals surface area contributed by atoms with Gasteiger partial charge >= 0.3 is 0 Å². The summed E-state index contributed by atoms with van der Waals surface area (Å²) in [6.07, 6.45) is 4.10. The highest BCUT2D eigenvalue weighted by molar-refractivity contribution is 5.81. The number of methoxy groups -OCH3 is 2. The number of furan rings is 1. The molecule has 0 spiro atoms. The third-order valence-corrected chi connectivity index (χ3v) is 4.02. The average Bonchev–Trinajstić information content (AvgIpc) is 3.26. The van der Waals surface area contributed by atoms with Gasteiger partial charge in [0.15, 0.2) is 5.65 Å². The second-order valence-corrected chi connectivity index (χ2v) is 7.01. The molecule has 0 saturated heterocycles. The van der Waals surface area contributed by atoms with Crippen molar-refractivity contribution in [3.05, 3.63) is 30.4 Å². The molecule has 8 heteroatoms. The zero-order valence-electron chi connectivity index (χ0n) is 15.8. The first kappa shape index (κ1) is 18.2. The number of rotatable bonds is 7. The number of nitrogens with zero attached hydrogens (tertiary/aromatic N) is 4. The van der Waals surface area contributed by atoms with Gasteiger partial charge in [-0.15, -0.1) is 0 Å². The van der Waals surface area contributed by atoms with Crippen LogP contribution in [0.4, 0.5) is 5.95 Å². The predicted molar refractivity (Wildman–Crippen MR) is 98.4 cm³/mol. The Morgan fingerprint density at radius 2 is 2.08 bits per heavy atom. The maximum Gasteiger partial charge on any atom is 0.229 e. The summed E-state index contributed by atoms with van der Waals surface area (Å²) >= 11 is 0. The Morgan fingerprint density at radius 1 is 1.27 bits per heavy atom. The van der Waals surface area contributed by atoms with E-state index in [0.717, 1.165) is 16.8 Å². The molecule has 0 radical (unpaired) electrons. The summed E-state index contributed by atoms with van der Waals surface area (Å²) in [5.41, 5.74) is 0.506. The van der Waals surface area contributed by atoms with Crippen LogP contribution in [0.15, 0.2) is 29.0 Å². The molecule has 0 fully saturated rings. The van der Waals surface area contributed by atoms with E-state index in [4.69, 9.17) is 13.9 Å². The molecule has 3 aromatic heterocycles. The number of hydrogen-bond donors (Lipinski definition) is 1. The molecule has 0 aliphatic rings. The largest absolute Gasteiger partial charge is 0.480 e. The molecule has 8 nitrogen and oxygen atoms in total. The smallest absolute Gasteiger partial charge is 0.229 e. The quantitative estimate of drug-likeness (QED) is 0.692. The van der Waals surface area contributed by atoms with Crippen molar-refractivity contribution in [2.45, 2.75) is 38.8 Å². The fraction of sp³-hybridized carbons (Fsp3) is 0.500. The normalized spacial score (nSPS) is 13.1. The van der Waals surface area contributed by atoms with E-state index < -0.39 is 0 Å². The molecule has 3 heterocycles. The summed E-state index contributed by atoms with van der Waals surface area (Å²) < 4.78 is 18.1. The van der Waals surface area contributed by atoms with Crippen molar-refractivity contribution in [3.63, 3.8) is 0 Å². The van der Waals surface area contributed by atoms with Gasteiger partial charge in [0.2, 0.25) is 11.8 Å². The minimum absolute atomic E-state index is 0.113. The van der Waals surface area contributed by atoms with Gasteiger partial charge in [-0.05, 0) is 39.3 Å². The molecule has 1 atom stereocenters. The zero-order chi connectivity index (χ0) is 18.7. The van der Waals surface area contributed by atoms with E-state index in [9.17, 15) is 0 Å². The monoisotopic (exact) mass is 359 g/mol. The van der Waals surface area contributed by atoms with Gasteiger partial charge in [-0.1, -0.05) is 0 Å². The highest BCUT2D eigenvalue weighted by Gasteiger charge is 2.23. The minimum atomic E-state index is -0.213. The SMILES string of the molecule is COCCC(Nc1nc(OC)c2cnn(C(C)(C)C)c2n1)c1ccco1. The van der Waals surface area contributed by atoms with Crippen LogP contribution < -0.4 is 10.1 Å². The molecule has 26 heavy (non-hydrogen) atoms. The Balaban J connectivity index is 2.00. The first-order chi connectivity index (χ1) is 12.4. The fourth-order valence-corrected chi connectivity index (χ4v) is 2.76. The molecule has 0 saturated carbocycles. The standard InChI is InChI=1S/C18H25N5O3/c1-18(2,3)23-15-12(11-19-23)16(25-5)22-17(21-15)20-13(8-10-24-4)14-7-6-9-26-14/h6-7,9,11,13H,8,10H2,1-5H3,(H,20,21,22). The van der Waals surface area contributed by atoms with Gasteiger partial charge in [0.05, 0.1) is 31.2 Å². The van der Waals surface area contributed by atoms with Crippen LogP contribution in [-0.2, 0) is 10.3 Å². The van der Waals surface area contributed by atoms with Gasteiger partial charge in [0, 0.05) is 13.7 Å². The van der Waals surface area contributed by atoms with Crippen LogP contribution in [0.2, 0.25) is 0 Å². The number of aromatic nitrogens is 4. The van der Waals surface area contributed by atoms with E-state index in [1.165, 1.54) is 0 Å². The van der Waals surface area contributed by atoms with Gasteiger partial charge < -0.3 is 19.2 Å². The minimum Gasteiger partial charge on any atom is -0.480 e. The predicted octanol–water partition coefficient (Wildman–Crippen LogP) is 3.37. The van der Waals surface area contributed by atoms with Crippen molar-refractivity contribution in [3.8, 4) is 5.88 Å². The maximum atomic E-state index is 5.55. The van der Waals surface area contributed by atoms with E-state index in [1.807, 2.05) is 16.8 Å². The summed E-state index contributed by atoms with van der Waals surface area (Å²) in [5, 5.41) is 8.57. The van der Waals surface area contributed by atoms with Gasteiger partial charge in [-0.2, -0.15) is 15.1 Å². The number of hydrogen-bond acceptors (Lipinski definition) is 7. The molecule has 1 unspecified atom stereocenters. The second kappa shape index (κ2) is 7.33. The van der Waals surface area contributed by atoms with Crippen molar-refractivity contribution in [1.82, 2.24) is 19.7 Å². The van der Waals surface area contributed by atoms with Crippen molar-refractivity contribution in [2.24, 2.45) is 0 Å². The van der Waals surface area contributed by atoms with Gasteiger partial charge in [-0.25, -0.2) is 4.68 Å². The first-order valence-electron chi connectivity index (χ1n) is 8.53. The molecule has 3 rings (SSSR count). The van der Waals surface area contributed by atoms with Crippen LogP contribution in [0.5, 0.6) is 5.88 Å². The number of fused-ring (bicyclic) bond motifs is 1. The summed E-state index contributed by atoms with van der Waals surface area (Å²) in [5.74, 6) is 1.74. The first-order valence-corrected chi connectivity index (χ1v) is 8.53. The van der Waals surface area contributed by atoms with Crippen LogP contribution in [-0.4, -0.2) is 40.6 Å². The Morgan fingerprint density at radius 3 is 2.69 bits per heavy atom. The van der Waals surface area contributed by atoms with Gasteiger partial charge in [0.25, 0.3) is 0 Å². The molecule has 0 amide bonds. The lowest BCUT2D eigenvalue weighted by Crippen LogP contribution is -2.23. The number of ether oxygens (including phenoxy) is 2. The summed E-state index contributed by atoms with van der Waals surface area (Å²) in [6.45, 7) is 6.81. The highest BCUT2D eigenvalue weighted by Crippen LogP contribution is 2.29. The topological polar surface area (TPSA) is 87.2 Å². The van der Waals surface area contributed by atoms with E-state index >= 15 is 0 Å². The Hall–Kier alpha value is -2.61. The summed E-state index contributed by atoms with van der Waals surface area (Å²) in [6, 6.07) is 3.66. The van der Waals surface area contributed by atoms with Crippen molar-refractivity contribution >= 4 is 17.0 Å². The number of anilines is 1. The zero-order valence-corrected chi connectivity index (χ0v) is 15.8. The lowest BCUT2D eigenvalue weighted by molar-refractivity contribution is 0.187. The van der Waals surface area contributed by atoms with Gasteiger partial charge in [-0.3, -0.25) is 0 Å². The van der Waals surface area contributed by atoms with Crippen LogP contribution >= 0.6 is 0 Å². The van der Waals surface area contributed by atoms with Crippen LogP contribution in [0, 0.1) is 0 Å². The molecule has 0 bridgehead atoms. The third-order valence-electron chi connectivity index (χ3n) is 4.02. The molecular formula is C18H25N5O3. The summed E-state index contributed by atoms with van der Waals surface area (Å²) in [4.78, 5) is 9.18. The second-order valence-electron chi connectivity index (χ2n) is 7.01. The van der Waals surface area contributed by atoms with Crippen LogP contribution in [0.1, 0.15) is 39.0 Å². The lowest BCUT2D eigenvalue weighted by atomic mass is 10.1. The van der Waals surface area contributed by atoms with Crippen molar-refractivity contribution in [2.75, 3.05) is 26.1 Å². The highest BCUT2D eigenvalue weighted by atomic mass is 16.5. The van der Waals surface area contributed by atoms with Crippen molar-refractivity contribution < 1.29 is 13.9 Å². The van der Waals surface area contributed by atoms with Gasteiger partial charge in [0.1, 0.15) is 11.1 Å². The third kappa shape index (κ3) is 3.65. The Bertz CT molecular complexity index is 852. The lowest BCUT2D eigenvalue weighted by Gasteiger charge is -2.21. The van der Waals surface area contributed by atoms with E-state index in [-0.39, 0.29) is 11.6 Å². The summed E-state index contributed by atoms with van der Waals surface area (Å²) in [7, 11) is 3.27. The molecule has 0 aliphatic carbocycles. The Kier molecular flexibility index (Phi) is 5.13. The molecule has 0 aromatic carbocycles. The van der Waals surface area contributed by atoms with E-state index in [0.29, 0.717) is 24.9 Å². The van der Waals surface area contributed by atoms with E-state index in [2.05, 4.69) is 41.2 Å².